The van der Waals surface area contributed by atoms with Gasteiger partial charge in [-0.05, 0) is 19.4 Å². The molecule has 10 heteroatoms. The maximum Gasteiger partial charge on any atom is 0.320 e. The molecule has 0 fully saturated rings. The quantitative estimate of drug-likeness (QED) is 0.533. The van der Waals surface area contributed by atoms with Gasteiger partial charge in [-0.2, -0.15) is 5.10 Å². The van der Waals surface area contributed by atoms with Gasteiger partial charge in [0.15, 0.2) is 0 Å². The normalized spacial score (nSPS) is 10.7. The smallest absolute Gasteiger partial charge is 0.288 e. The van der Waals surface area contributed by atoms with Gasteiger partial charge in [-0.1, -0.05) is 29.8 Å². The molecule has 0 spiro atoms. The number of amides is 1. The fourth-order valence-corrected chi connectivity index (χ4v) is 2.57. The van der Waals surface area contributed by atoms with Crippen molar-refractivity contribution >= 4 is 17.5 Å². The molecule has 1 amide bonds. The Bertz CT molecular complexity index is 960. The van der Waals surface area contributed by atoms with E-state index in [0.29, 0.717) is 13.1 Å². The van der Waals surface area contributed by atoms with Crippen LogP contribution in [0.25, 0.3) is 0 Å². The maximum atomic E-state index is 12.4. The largest absolute Gasteiger partial charge is 0.320 e. The summed E-state index contributed by atoms with van der Waals surface area (Å²) in [5.41, 5.74) is 1.69. The zero-order valence-corrected chi connectivity index (χ0v) is 14.3. The third-order valence-corrected chi connectivity index (χ3v) is 3.72. The number of aryl methyl sites for hydroxylation is 2. The lowest BCUT2D eigenvalue weighted by atomic mass is 10.1. The number of nitrogens with zero attached hydrogens (tertiary/aromatic N) is 6. The lowest BCUT2D eigenvalue weighted by Gasteiger charge is -2.04. The van der Waals surface area contributed by atoms with Crippen LogP contribution in [0.3, 0.4) is 0 Å². The van der Waals surface area contributed by atoms with E-state index in [1.165, 1.54) is 11.0 Å². The molecule has 0 aliphatic rings. The van der Waals surface area contributed by atoms with E-state index in [4.69, 9.17) is 0 Å². The van der Waals surface area contributed by atoms with Crippen molar-refractivity contribution in [3.8, 4) is 0 Å². The van der Waals surface area contributed by atoms with E-state index in [2.05, 4.69) is 20.5 Å². The zero-order chi connectivity index (χ0) is 18.7. The number of nitrogens with one attached hydrogen (secondary N) is 1. The molecule has 3 aromatic rings. The molecule has 0 radical (unpaired) electrons. The summed E-state index contributed by atoms with van der Waals surface area (Å²) >= 11 is 0. The summed E-state index contributed by atoms with van der Waals surface area (Å²) < 4.78 is 2.84. The zero-order valence-electron chi connectivity index (χ0n) is 14.3. The Balaban J connectivity index is 1.76. The van der Waals surface area contributed by atoms with Crippen molar-refractivity contribution in [2.24, 2.45) is 0 Å². The van der Waals surface area contributed by atoms with E-state index < -0.39 is 10.8 Å². The van der Waals surface area contributed by atoms with Crippen LogP contribution in [-0.2, 0) is 13.1 Å². The summed E-state index contributed by atoms with van der Waals surface area (Å²) in [6, 6.07) is 7.95. The Morgan fingerprint density at radius 2 is 2.19 bits per heavy atom. The van der Waals surface area contributed by atoms with Crippen LogP contribution in [0.15, 0.2) is 36.8 Å². The molecule has 0 atom stereocenters. The molecule has 2 heterocycles. The van der Waals surface area contributed by atoms with Gasteiger partial charge in [-0.25, -0.2) is 9.67 Å². The van der Waals surface area contributed by atoms with Crippen molar-refractivity contribution in [1.82, 2.24) is 24.5 Å². The van der Waals surface area contributed by atoms with Crippen LogP contribution in [0.5, 0.6) is 0 Å². The summed E-state index contributed by atoms with van der Waals surface area (Å²) in [4.78, 5) is 26.9. The molecule has 1 N–H and O–H groups in total. The Morgan fingerprint density at radius 3 is 2.88 bits per heavy atom. The van der Waals surface area contributed by atoms with Crippen molar-refractivity contribution in [2.75, 3.05) is 5.32 Å². The van der Waals surface area contributed by atoms with Gasteiger partial charge in [0.25, 0.3) is 5.91 Å². The van der Waals surface area contributed by atoms with E-state index in [-0.39, 0.29) is 17.3 Å². The van der Waals surface area contributed by atoms with E-state index in [0.717, 1.165) is 17.3 Å². The van der Waals surface area contributed by atoms with Gasteiger partial charge < -0.3 is 0 Å². The highest BCUT2D eigenvalue weighted by Crippen LogP contribution is 2.18. The number of hydrogen-bond acceptors (Lipinski definition) is 6. The van der Waals surface area contributed by atoms with E-state index in [1.807, 2.05) is 31.2 Å². The van der Waals surface area contributed by atoms with Crippen molar-refractivity contribution in [3.63, 3.8) is 0 Å². The molecule has 134 valence electrons. The van der Waals surface area contributed by atoms with Gasteiger partial charge in [-0.3, -0.25) is 24.9 Å². The lowest BCUT2D eigenvalue weighted by molar-refractivity contribution is -0.385. The van der Waals surface area contributed by atoms with E-state index >= 15 is 0 Å². The van der Waals surface area contributed by atoms with E-state index in [9.17, 15) is 14.9 Å². The topological polar surface area (TPSA) is 121 Å². The minimum absolute atomic E-state index is 0.0702. The SMILES string of the molecule is CCn1ncc([N+](=O)[O-])c1C(=O)Nc1ncn(Cc2cccc(C)c2)n1. The standard InChI is InChI=1S/C16H17N7O3/c1-3-22-14(13(8-18-22)23(25)26)15(24)19-16-17-10-21(20-16)9-12-6-4-5-11(2)7-12/h4-8,10H,3,9H2,1-2H3,(H,19,20,24). The average Bonchev–Trinajstić information content (AvgIpc) is 3.21. The molecular formula is C16H17N7O3. The summed E-state index contributed by atoms with van der Waals surface area (Å²) in [5, 5.41) is 21.6. The number of aromatic nitrogens is 5. The van der Waals surface area contributed by atoms with Crippen molar-refractivity contribution in [2.45, 2.75) is 26.9 Å². The predicted molar refractivity (Wildman–Crippen MR) is 92.8 cm³/mol. The molecule has 1 aromatic carbocycles. The number of benzene rings is 1. The Labute approximate surface area is 148 Å². The molecule has 0 aliphatic carbocycles. The van der Waals surface area contributed by atoms with Gasteiger partial charge in [0.05, 0.1) is 11.5 Å². The highest BCUT2D eigenvalue weighted by Gasteiger charge is 2.27. The summed E-state index contributed by atoms with van der Waals surface area (Å²) in [5.74, 6) is -0.606. The number of carbonyl (C=O) groups is 1. The maximum absolute atomic E-state index is 12.4. The minimum Gasteiger partial charge on any atom is -0.288 e. The van der Waals surface area contributed by atoms with E-state index in [1.54, 1.807) is 11.6 Å². The second kappa shape index (κ2) is 7.13. The molecule has 3 rings (SSSR count). The van der Waals surface area contributed by atoms with Gasteiger partial charge >= 0.3 is 5.69 Å². The highest BCUT2D eigenvalue weighted by atomic mass is 16.6. The molecule has 0 saturated carbocycles. The fourth-order valence-electron chi connectivity index (χ4n) is 2.57. The molecule has 10 nitrogen and oxygen atoms in total. The van der Waals surface area contributed by atoms with Crippen molar-refractivity contribution in [3.05, 3.63) is 63.7 Å². The molecule has 2 aromatic heterocycles. The van der Waals surface area contributed by atoms with Crippen molar-refractivity contribution in [1.29, 1.82) is 0 Å². The first kappa shape index (κ1) is 17.3. The summed E-state index contributed by atoms with van der Waals surface area (Å²) in [6.45, 7) is 4.56. The van der Waals surface area contributed by atoms with Gasteiger partial charge in [0, 0.05) is 6.54 Å². The predicted octanol–water partition coefficient (Wildman–Crippen LogP) is 2.01. The molecule has 0 aliphatic heterocycles. The van der Waals surface area contributed by atoms with Crippen LogP contribution >= 0.6 is 0 Å². The Kier molecular flexibility index (Phi) is 4.74. The first-order valence-electron chi connectivity index (χ1n) is 7.94. The number of nitro groups is 1. The number of carbonyl (C=O) groups excluding carboxylic acids is 1. The Hall–Kier alpha value is -3.56. The van der Waals surface area contributed by atoms with Crippen LogP contribution < -0.4 is 5.32 Å². The second-order valence-corrected chi connectivity index (χ2v) is 5.66. The third kappa shape index (κ3) is 3.58. The first-order valence-corrected chi connectivity index (χ1v) is 7.94. The molecular weight excluding hydrogens is 338 g/mol. The Morgan fingerprint density at radius 1 is 1.38 bits per heavy atom. The number of hydrogen-bond donors (Lipinski definition) is 1. The van der Waals surface area contributed by atoms with Crippen LogP contribution in [0.2, 0.25) is 0 Å². The van der Waals surface area contributed by atoms with Crippen molar-refractivity contribution < 1.29 is 9.72 Å². The van der Waals surface area contributed by atoms with Gasteiger partial charge in [-0.15, -0.1) is 5.10 Å². The molecule has 0 unspecified atom stereocenters. The van der Waals surface area contributed by atoms with Crippen LogP contribution in [0.4, 0.5) is 11.6 Å². The fraction of sp³-hybridized carbons (Fsp3) is 0.250. The third-order valence-electron chi connectivity index (χ3n) is 3.72. The minimum atomic E-state index is -0.677. The average molecular weight is 355 g/mol. The summed E-state index contributed by atoms with van der Waals surface area (Å²) in [7, 11) is 0. The highest BCUT2D eigenvalue weighted by molar-refractivity contribution is 6.04. The summed E-state index contributed by atoms with van der Waals surface area (Å²) in [6.07, 6.45) is 2.55. The van der Waals surface area contributed by atoms with Crippen LogP contribution in [-0.4, -0.2) is 35.4 Å². The molecule has 0 bridgehead atoms. The molecule has 0 saturated heterocycles. The monoisotopic (exact) mass is 355 g/mol. The van der Waals surface area contributed by atoms with Crippen LogP contribution in [0, 0.1) is 17.0 Å². The van der Waals surface area contributed by atoms with Gasteiger partial charge in [0.1, 0.15) is 12.5 Å². The van der Waals surface area contributed by atoms with Crippen LogP contribution in [0.1, 0.15) is 28.5 Å². The number of rotatable bonds is 6. The molecule has 26 heavy (non-hydrogen) atoms. The first-order chi connectivity index (χ1) is 12.5. The number of anilines is 1. The lowest BCUT2D eigenvalue weighted by Crippen LogP contribution is -2.19. The second-order valence-electron chi connectivity index (χ2n) is 5.66. The van der Waals surface area contributed by atoms with Gasteiger partial charge in [0.2, 0.25) is 11.6 Å².